The average molecular weight is 305 g/mol. The first-order valence-electron chi connectivity index (χ1n) is 7.41. The molecule has 0 amide bonds. The highest BCUT2D eigenvalue weighted by atomic mass is 32.2. The summed E-state index contributed by atoms with van der Waals surface area (Å²) in [6.45, 7) is 7.41. The van der Waals surface area contributed by atoms with E-state index in [1.165, 1.54) is 10.5 Å². The molecule has 0 saturated heterocycles. The average Bonchev–Trinajstić information content (AvgIpc) is 2.92. The first kappa shape index (κ1) is 16.0. The molecule has 1 N–H and O–H groups in total. The standard InChI is InChI=1S/C16H23N3OS/c1-4-9-17-13(3)10-16-18-15(19-20-16)11-21-14-7-5-12(2)6-8-14/h5-8,13,17H,4,9-11H2,1-3H3. The van der Waals surface area contributed by atoms with E-state index in [4.69, 9.17) is 4.52 Å². The van der Waals surface area contributed by atoms with Gasteiger partial charge < -0.3 is 9.84 Å². The van der Waals surface area contributed by atoms with Crippen LogP contribution in [0.4, 0.5) is 0 Å². The molecule has 0 aliphatic rings. The number of rotatable bonds is 8. The van der Waals surface area contributed by atoms with E-state index in [1.807, 2.05) is 0 Å². The van der Waals surface area contributed by atoms with Crippen molar-refractivity contribution in [2.24, 2.45) is 0 Å². The molecule has 0 radical (unpaired) electrons. The zero-order chi connectivity index (χ0) is 15.1. The van der Waals surface area contributed by atoms with Crippen LogP contribution < -0.4 is 5.32 Å². The van der Waals surface area contributed by atoms with Gasteiger partial charge in [0.05, 0.1) is 5.75 Å². The number of thioether (sulfide) groups is 1. The third kappa shape index (κ3) is 5.52. The van der Waals surface area contributed by atoms with Crippen LogP contribution in [-0.2, 0) is 12.2 Å². The number of benzene rings is 1. The van der Waals surface area contributed by atoms with Crippen LogP contribution in [-0.4, -0.2) is 22.7 Å². The van der Waals surface area contributed by atoms with Crippen LogP contribution >= 0.6 is 11.8 Å². The Labute approximate surface area is 130 Å². The first-order valence-corrected chi connectivity index (χ1v) is 8.40. The van der Waals surface area contributed by atoms with Gasteiger partial charge in [0.25, 0.3) is 0 Å². The SMILES string of the molecule is CCCNC(C)Cc1nc(CSc2ccc(C)cc2)no1. The van der Waals surface area contributed by atoms with Gasteiger partial charge in [-0.2, -0.15) is 4.98 Å². The lowest BCUT2D eigenvalue weighted by Gasteiger charge is -2.09. The lowest BCUT2D eigenvalue weighted by molar-refractivity contribution is 0.358. The van der Waals surface area contributed by atoms with Crippen molar-refractivity contribution in [2.45, 2.75) is 50.3 Å². The van der Waals surface area contributed by atoms with Crippen LogP contribution in [0.25, 0.3) is 0 Å². The second kappa shape index (κ2) is 8.20. The van der Waals surface area contributed by atoms with Gasteiger partial charge in [0.15, 0.2) is 5.82 Å². The lowest BCUT2D eigenvalue weighted by atomic mass is 10.2. The summed E-state index contributed by atoms with van der Waals surface area (Å²) in [6, 6.07) is 8.84. The molecule has 5 heteroatoms. The predicted octanol–water partition coefficient (Wildman–Crippen LogP) is 3.60. The fraction of sp³-hybridized carbons (Fsp3) is 0.500. The van der Waals surface area contributed by atoms with Crippen molar-refractivity contribution in [3.05, 3.63) is 41.5 Å². The molecule has 2 rings (SSSR count). The minimum absolute atomic E-state index is 0.364. The van der Waals surface area contributed by atoms with Gasteiger partial charge in [-0.3, -0.25) is 0 Å². The summed E-state index contributed by atoms with van der Waals surface area (Å²) in [6.07, 6.45) is 1.91. The summed E-state index contributed by atoms with van der Waals surface area (Å²) >= 11 is 1.73. The Morgan fingerprint density at radius 2 is 2.05 bits per heavy atom. The van der Waals surface area contributed by atoms with Crippen molar-refractivity contribution >= 4 is 11.8 Å². The summed E-state index contributed by atoms with van der Waals surface area (Å²) < 4.78 is 5.31. The summed E-state index contributed by atoms with van der Waals surface area (Å²) in [7, 11) is 0. The van der Waals surface area contributed by atoms with Crippen molar-refractivity contribution in [1.29, 1.82) is 0 Å². The molecular weight excluding hydrogens is 282 g/mol. The molecule has 0 spiro atoms. The van der Waals surface area contributed by atoms with Gasteiger partial charge in [-0.1, -0.05) is 29.8 Å². The fourth-order valence-corrected chi connectivity index (χ4v) is 2.68. The first-order chi connectivity index (χ1) is 10.2. The van der Waals surface area contributed by atoms with Gasteiger partial charge in [0, 0.05) is 17.4 Å². The molecule has 0 fully saturated rings. The Kier molecular flexibility index (Phi) is 6.26. The Balaban J connectivity index is 1.81. The molecule has 4 nitrogen and oxygen atoms in total. The van der Waals surface area contributed by atoms with Crippen LogP contribution in [0, 0.1) is 6.92 Å². The maximum Gasteiger partial charge on any atom is 0.228 e. The Morgan fingerprint density at radius 1 is 1.29 bits per heavy atom. The maximum atomic E-state index is 5.31. The van der Waals surface area contributed by atoms with E-state index in [2.05, 4.69) is 60.5 Å². The molecule has 0 saturated carbocycles. The fourth-order valence-electron chi connectivity index (χ4n) is 1.94. The summed E-state index contributed by atoms with van der Waals surface area (Å²) in [4.78, 5) is 5.68. The zero-order valence-electron chi connectivity index (χ0n) is 12.9. The van der Waals surface area contributed by atoms with Crippen molar-refractivity contribution in [2.75, 3.05) is 6.54 Å². The van der Waals surface area contributed by atoms with Crippen molar-refractivity contribution in [1.82, 2.24) is 15.5 Å². The smallest absolute Gasteiger partial charge is 0.228 e. The highest BCUT2D eigenvalue weighted by Gasteiger charge is 2.10. The van der Waals surface area contributed by atoms with Crippen LogP contribution in [0.15, 0.2) is 33.7 Å². The largest absolute Gasteiger partial charge is 0.339 e. The molecule has 1 unspecified atom stereocenters. The van der Waals surface area contributed by atoms with Crippen molar-refractivity contribution < 1.29 is 4.52 Å². The molecule has 1 heterocycles. The highest BCUT2D eigenvalue weighted by Crippen LogP contribution is 2.21. The quantitative estimate of drug-likeness (QED) is 0.755. The van der Waals surface area contributed by atoms with E-state index in [0.29, 0.717) is 11.9 Å². The Bertz CT molecular complexity index is 539. The van der Waals surface area contributed by atoms with Crippen LogP contribution in [0.1, 0.15) is 37.5 Å². The van der Waals surface area contributed by atoms with Gasteiger partial charge in [-0.15, -0.1) is 11.8 Å². The monoisotopic (exact) mass is 305 g/mol. The number of aryl methyl sites for hydroxylation is 1. The molecule has 0 aliphatic heterocycles. The number of nitrogens with one attached hydrogen (secondary N) is 1. The third-order valence-electron chi connectivity index (χ3n) is 3.12. The third-order valence-corrected chi connectivity index (χ3v) is 4.13. The van der Waals surface area contributed by atoms with E-state index >= 15 is 0 Å². The second-order valence-electron chi connectivity index (χ2n) is 5.27. The minimum Gasteiger partial charge on any atom is -0.339 e. The van der Waals surface area contributed by atoms with E-state index in [9.17, 15) is 0 Å². The topological polar surface area (TPSA) is 51.0 Å². The molecule has 1 aromatic carbocycles. The van der Waals surface area contributed by atoms with E-state index in [1.54, 1.807) is 11.8 Å². The maximum absolute atomic E-state index is 5.31. The molecule has 21 heavy (non-hydrogen) atoms. The van der Waals surface area contributed by atoms with Gasteiger partial charge in [-0.05, 0) is 38.9 Å². The molecule has 2 aromatic rings. The summed E-state index contributed by atoms with van der Waals surface area (Å²) in [5.41, 5.74) is 1.27. The molecule has 0 aliphatic carbocycles. The number of hydrogen-bond acceptors (Lipinski definition) is 5. The van der Waals surface area contributed by atoms with Gasteiger partial charge >= 0.3 is 0 Å². The lowest BCUT2D eigenvalue weighted by Crippen LogP contribution is -2.28. The van der Waals surface area contributed by atoms with Crippen LogP contribution in [0.5, 0.6) is 0 Å². The van der Waals surface area contributed by atoms with Crippen LogP contribution in [0.2, 0.25) is 0 Å². The van der Waals surface area contributed by atoms with Crippen LogP contribution in [0.3, 0.4) is 0 Å². The molecule has 1 atom stereocenters. The van der Waals surface area contributed by atoms with E-state index in [0.717, 1.165) is 31.0 Å². The van der Waals surface area contributed by atoms with Gasteiger partial charge in [0.2, 0.25) is 5.89 Å². The van der Waals surface area contributed by atoms with E-state index < -0.39 is 0 Å². The summed E-state index contributed by atoms with van der Waals surface area (Å²) in [5.74, 6) is 2.22. The normalized spacial score (nSPS) is 12.5. The Morgan fingerprint density at radius 3 is 2.76 bits per heavy atom. The Hall–Kier alpha value is -1.33. The molecular formula is C16H23N3OS. The minimum atomic E-state index is 0.364. The second-order valence-corrected chi connectivity index (χ2v) is 6.31. The molecule has 114 valence electrons. The highest BCUT2D eigenvalue weighted by molar-refractivity contribution is 7.98. The summed E-state index contributed by atoms with van der Waals surface area (Å²) in [5, 5.41) is 7.47. The number of nitrogens with zero attached hydrogens (tertiary/aromatic N) is 2. The molecule has 1 aromatic heterocycles. The number of aromatic nitrogens is 2. The number of hydrogen-bond donors (Lipinski definition) is 1. The van der Waals surface area contributed by atoms with Crippen molar-refractivity contribution in [3.8, 4) is 0 Å². The van der Waals surface area contributed by atoms with Crippen molar-refractivity contribution in [3.63, 3.8) is 0 Å². The molecule has 0 bridgehead atoms. The van der Waals surface area contributed by atoms with Gasteiger partial charge in [0.1, 0.15) is 0 Å². The van der Waals surface area contributed by atoms with Gasteiger partial charge in [-0.25, -0.2) is 0 Å². The zero-order valence-corrected chi connectivity index (χ0v) is 13.7. The predicted molar refractivity (Wildman–Crippen MR) is 86.5 cm³/mol. The van der Waals surface area contributed by atoms with E-state index in [-0.39, 0.29) is 0 Å².